The third-order valence-corrected chi connectivity index (χ3v) is 5.33. The molecule has 2 N–H and O–H groups in total. The molecule has 3 rings (SSSR count). The van der Waals surface area contributed by atoms with Gasteiger partial charge in [-0.05, 0) is 58.2 Å². The van der Waals surface area contributed by atoms with Crippen LogP contribution in [-0.2, 0) is 16.4 Å². The van der Waals surface area contributed by atoms with E-state index in [1.807, 2.05) is 0 Å². The standard InChI is InChI=1S/C14H12BrFN2O2S/c15-12-4-2-10(16)7-14(12)18-21(19,20)11-3-1-9-5-6-17-13(9)8-11/h1-4,7-8,17-18H,5-6H2. The van der Waals surface area contributed by atoms with Crippen LogP contribution in [0.5, 0.6) is 0 Å². The molecule has 2 aromatic rings. The van der Waals surface area contributed by atoms with Crippen LogP contribution in [0.3, 0.4) is 0 Å². The van der Waals surface area contributed by atoms with Crippen LogP contribution in [0, 0.1) is 5.82 Å². The van der Waals surface area contributed by atoms with Crippen molar-refractivity contribution in [3.05, 3.63) is 52.3 Å². The molecule has 7 heteroatoms. The lowest BCUT2D eigenvalue weighted by Crippen LogP contribution is -2.13. The quantitative estimate of drug-likeness (QED) is 0.870. The number of sulfonamides is 1. The van der Waals surface area contributed by atoms with Gasteiger partial charge in [-0.2, -0.15) is 0 Å². The summed E-state index contributed by atoms with van der Waals surface area (Å²) in [5.41, 5.74) is 2.10. The third kappa shape index (κ3) is 2.89. The van der Waals surface area contributed by atoms with Crippen molar-refractivity contribution in [2.45, 2.75) is 11.3 Å². The highest BCUT2D eigenvalue weighted by Gasteiger charge is 2.19. The van der Waals surface area contributed by atoms with Crippen LogP contribution >= 0.6 is 15.9 Å². The fraction of sp³-hybridized carbons (Fsp3) is 0.143. The summed E-state index contributed by atoms with van der Waals surface area (Å²) in [7, 11) is -3.76. The number of fused-ring (bicyclic) bond motifs is 1. The molecule has 1 heterocycles. The molecule has 0 atom stereocenters. The highest BCUT2D eigenvalue weighted by Crippen LogP contribution is 2.29. The summed E-state index contributed by atoms with van der Waals surface area (Å²) < 4.78 is 40.9. The third-order valence-electron chi connectivity index (χ3n) is 3.27. The molecule has 0 spiro atoms. The zero-order chi connectivity index (χ0) is 15.0. The minimum atomic E-state index is -3.76. The van der Waals surface area contributed by atoms with E-state index in [2.05, 4.69) is 26.0 Å². The fourth-order valence-corrected chi connectivity index (χ4v) is 3.79. The molecule has 110 valence electrons. The van der Waals surface area contributed by atoms with E-state index in [9.17, 15) is 12.8 Å². The average Bonchev–Trinajstić information content (AvgIpc) is 2.90. The molecule has 1 aliphatic rings. The molecular formula is C14H12BrFN2O2S. The summed E-state index contributed by atoms with van der Waals surface area (Å²) in [5, 5.41) is 3.14. The number of rotatable bonds is 3. The van der Waals surface area contributed by atoms with Crippen LogP contribution < -0.4 is 10.0 Å². The Morgan fingerprint density at radius 1 is 1.19 bits per heavy atom. The van der Waals surface area contributed by atoms with Gasteiger partial charge in [-0.3, -0.25) is 4.72 Å². The highest BCUT2D eigenvalue weighted by atomic mass is 79.9. The molecule has 0 saturated heterocycles. The minimum absolute atomic E-state index is 0.145. The first-order valence-electron chi connectivity index (χ1n) is 6.30. The normalized spacial score (nSPS) is 13.6. The minimum Gasteiger partial charge on any atom is -0.384 e. The maximum atomic E-state index is 13.2. The topological polar surface area (TPSA) is 58.2 Å². The van der Waals surface area contributed by atoms with E-state index >= 15 is 0 Å². The lowest BCUT2D eigenvalue weighted by molar-refractivity contribution is 0.601. The van der Waals surface area contributed by atoms with Crippen molar-refractivity contribution in [3.8, 4) is 0 Å². The van der Waals surface area contributed by atoms with Gasteiger partial charge in [0.25, 0.3) is 10.0 Å². The van der Waals surface area contributed by atoms with Gasteiger partial charge >= 0.3 is 0 Å². The van der Waals surface area contributed by atoms with Crippen LogP contribution in [0.25, 0.3) is 0 Å². The Kier molecular flexibility index (Phi) is 3.62. The first-order valence-corrected chi connectivity index (χ1v) is 8.58. The molecule has 0 amide bonds. The molecule has 0 aliphatic carbocycles. The van der Waals surface area contributed by atoms with Crippen molar-refractivity contribution >= 4 is 37.3 Å². The van der Waals surface area contributed by atoms with Gasteiger partial charge in [-0.15, -0.1) is 0 Å². The van der Waals surface area contributed by atoms with Crippen molar-refractivity contribution in [2.24, 2.45) is 0 Å². The Morgan fingerprint density at radius 3 is 2.81 bits per heavy atom. The van der Waals surface area contributed by atoms with Crippen LogP contribution in [0.1, 0.15) is 5.56 Å². The molecule has 1 aliphatic heterocycles. The van der Waals surface area contributed by atoms with Gasteiger partial charge in [0.15, 0.2) is 0 Å². The maximum Gasteiger partial charge on any atom is 0.262 e. The largest absolute Gasteiger partial charge is 0.384 e. The number of benzene rings is 2. The summed E-state index contributed by atoms with van der Waals surface area (Å²) in [6.45, 7) is 0.807. The molecule has 0 aromatic heterocycles. The Bertz CT molecular complexity index is 809. The van der Waals surface area contributed by atoms with Crippen LogP contribution in [0.15, 0.2) is 45.8 Å². The fourth-order valence-electron chi connectivity index (χ4n) is 2.22. The SMILES string of the molecule is O=S(=O)(Nc1cc(F)ccc1Br)c1ccc2c(c1)NCC2. The summed E-state index contributed by atoms with van der Waals surface area (Å²) in [4.78, 5) is 0.145. The molecule has 0 radical (unpaired) electrons. The molecule has 2 aromatic carbocycles. The van der Waals surface area contributed by atoms with E-state index in [1.54, 1.807) is 18.2 Å². The number of hydrogen-bond acceptors (Lipinski definition) is 3. The first kappa shape index (κ1) is 14.3. The Labute approximate surface area is 130 Å². The lowest BCUT2D eigenvalue weighted by atomic mass is 10.2. The lowest BCUT2D eigenvalue weighted by Gasteiger charge is -2.11. The van der Waals surface area contributed by atoms with Gasteiger partial charge in [0, 0.05) is 16.7 Å². The summed E-state index contributed by atoms with van der Waals surface area (Å²) in [6, 6.07) is 8.79. The van der Waals surface area contributed by atoms with Crippen molar-refractivity contribution < 1.29 is 12.8 Å². The second kappa shape index (κ2) is 5.31. The van der Waals surface area contributed by atoms with Gasteiger partial charge in [-0.25, -0.2) is 12.8 Å². The van der Waals surface area contributed by atoms with Gasteiger partial charge in [0.05, 0.1) is 10.6 Å². The van der Waals surface area contributed by atoms with E-state index in [4.69, 9.17) is 0 Å². The zero-order valence-electron chi connectivity index (χ0n) is 10.9. The van der Waals surface area contributed by atoms with E-state index in [-0.39, 0.29) is 10.6 Å². The molecule has 0 bridgehead atoms. The average molecular weight is 371 g/mol. The van der Waals surface area contributed by atoms with E-state index < -0.39 is 15.8 Å². The molecule has 4 nitrogen and oxygen atoms in total. The summed E-state index contributed by atoms with van der Waals surface area (Å²) >= 11 is 3.20. The van der Waals surface area contributed by atoms with Gasteiger partial charge in [0.1, 0.15) is 5.82 Å². The number of halogens is 2. The summed E-state index contributed by atoms with van der Waals surface area (Å²) in [6.07, 6.45) is 0.887. The van der Waals surface area contributed by atoms with Crippen molar-refractivity contribution in [2.75, 3.05) is 16.6 Å². The van der Waals surface area contributed by atoms with Crippen molar-refractivity contribution in [3.63, 3.8) is 0 Å². The zero-order valence-corrected chi connectivity index (χ0v) is 13.3. The van der Waals surface area contributed by atoms with Gasteiger partial charge in [-0.1, -0.05) is 6.07 Å². The maximum absolute atomic E-state index is 13.2. The monoisotopic (exact) mass is 370 g/mol. The second-order valence-electron chi connectivity index (χ2n) is 4.73. The first-order chi connectivity index (χ1) is 9.95. The Hall–Kier alpha value is -1.60. The van der Waals surface area contributed by atoms with Crippen LogP contribution in [0.2, 0.25) is 0 Å². The Morgan fingerprint density at radius 2 is 2.00 bits per heavy atom. The molecule has 0 saturated carbocycles. The smallest absolute Gasteiger partial charge is 0.262 e. The highest BCUT2D eigenvalue weighted by molar-refractivity contribution is 9.10. The number of anilines is 2. The Balaban J connectivity index is 1.95. The van der Waals surface area contributed by atoms with E-state index in [0.29, 0.717) is 4.47 Å². The van der Waals surface area contributed by atoms with Crippen LogP contribution in [-0.4, -0.2) is 15.0 Å². The number of nitrogens with one attached hydrogen (secondary N) is 2. The van der Waals surface area contributed by atoms with Crippen molar-refractivity contribution in [1.29, 1.82) is 0 Å². The van der Waals surface area contributed by atoms with Gasteiger partial charge in [0.2, 0.25) is 0 Å². The molecule has 0 fully saturated rings. The summed E-state index contributed by atoms with van der Waals surface area (Å²) in [5.74, 6) is -0.508. The molecular weight excluding hydrogens is 359 g/mol. The predicted octanol–water partition coefficient (Wildman–Crippen LogP) is 3.36. The second-order valence-corrected chi connectivity index (χ2v) is 7.26. The predicted molar refractivity (Wildman–Crippen MR) is 83.5 cm³/mol. The molecule has 21 heavy (non-hydrogen) atoms. The van der Waals surface area contributed by atoms with Gasteiger partial charge < -0.3 is 5.32 Å². The van der Waals surface area contributed by atoms with Crippen LogP contribution in [0.4, 0.5) is 15.8 Å². The van der Waals surface area contributed by atoms with E-state index in [0.717, 1.165) is 30.3 Å². The number of hydrogen-bond donors (Lipinski definition) is 2. The molecule has 0 unspecified atom stereocenters. The van der Waals surface area contributed by atoms with E-state index in [1.165, 1.54) is 12.1 Å². The van der Waals surface area contributed by atoms with Crippen molar-refractivity contribution in [1.82, 2.24) is 0 Å².